The number of aliphatic hydroxyl groups excluding tert-OH is 6. The Hall–Kier alpha value is -11.5. The number of rotatable bonds is 21. The van der Waals surface area contributed by atoms with Crippen molar-refractivity contribution in [1.29, 1.82) is 0 Å². The second kappa shape index (κ2) is 38.8. The average molecular weight is 1790 g/mol. The van der Waals surface area contributed by atoms with Gasteiger partial charge in [-0.25, -0.2) is 14.7 Å². The number of fused-ring (bicyclic) bond motifs is 15. The molecule has 21 N–H and O–H groups in total. The molecule has 11 bridgehead atoms. The second-order valence-corrected chi connectivity index (χ2v) is 31.9. The molecule has 18 atom stereocenters. The van der Waals surface area contributed by atoms with Gasteiger partial charge in [0.25, 0.3) is 5.91 Å². The molecular weight excluding hydrogens is 1700 g/mol. The normalized spacial score (nSPS) is 26.1. The molecule has 124 heavy (non-hydrogen) atoms. The van der Waals surface area contributed by atoms with Crippen LogP contribution in [0.3, 0.4) is 0 Å². The molecule has 0 unspecified atom stereocenters. The zero-order valence-electron chi connectivity index (χ0n) is 66.7. The number of carbonyl (C=O) groups excluding carboxylic acids is 9. The summed E-state index contributed by atoms with van der Waals surface area (Å²) in [4.78, 5) is 155. The Kier molecular flexibility index (Phi) is 28.7. The fourth-order valence-corrected chi connectivity index (χ4v) is 15.5. The first-order chi connectivity index (χ1) is 58.8. The van der Waals surface area contributed by atoms with E-state index < -0.39 is 259 Å². The molecule has 1 aromatic heterocycles. The van der Waals surface area contributed by atoms with Crippen LogP contribution in [-0.4, -0.2) is 215 Å². The molecule has 7 aromatic rings. The van der Waals surface area contributed by atoms with Crippen molar-refractivity contribution in [1.82, 2.24) is 57.6 Å². The molecule has 8 heterocycles. The van der Waals surface area contributed by atoms with Gasteiger partial charge in [0.1, 0.15) is 107 Å². The average Bonchev–Trinajstić information content (AvgIpc) is 0.763. The van der Waals surface area contributed by atoms with Crippen molar-refractivity contribution >= 4 is 93.8 Å². The van der Waals surface area contributed by atoms with Crippen molar-refractivity contribution in [2.45, 2.75) is 169 Å². The highest BCUT2D eigenvalue weighted by molar-refractivity contribution is 6.32. The van der Waals surface area contributed by atoms with E-state index in [1.165, 1.54) is 55.1 Å². The number of phenolic OH excluding ortho intramolecular Hbond substituents is 3. The van der Waals surface area contributed by atoms with Gasteiger partial charge in [-0.3, -0.25) is 52.6 Å². The summed E-state index contributed by atoms with van der Waals surface area (Å²) in [5, 5.41) is 129. The predicted molar refractivity (Wildman–Crippen MR) is 433 cm³/mol. The molecule has 39 nitrogen and oxygen atoms in total. The summed E-state index contributed by atoms with van der Waals surface area (Å²) in [5.74, 6) is -17.0. The van der Waals surface area contributed by atoms with Gasteiger partial charge < -0.3 is 128 Å². The first kappa shape index (κ1) is 91.7. The molecule has 0 spiro atoms. The Morgan fingerprint density at radius 3 is 2.01 bits per heavy atom. The highest BCUT2D eigenvalue weighted by atomic mass is 35.5. The van der Waals surface area contributed by atoms with Crippen LogP contribution in [0.5, 0.6) is 46.0 Å². The molecule has 0 saturated carbocycles. The van der Waals surface area contributed by atoms with Crippen LogP contribution in [0.15, 0.2) is 114 Å². The number of aliphatic hydroxyl groups is 6. The predicted octanol–water partition coefficient (Wildman–Crippen LogP) is 1.56. The van der Waals surface area contributed by atoms with Crippen molar-refractivity contribution in [3.8, 4) is 57.1 Å². The minimum atomic E-state index is -2.40. The highest BCUT2D eigenvalue weighted by Gasteiger charge is 2.52. The number of primary amides is 1. The van der Waals surface area contributed by atoms with Gasteiger partial charge in [-0.2, -0.15) is 4.98 Å². The quantitative estimate of drug-likeness (QED) is 0.0454. The van der Waals surface area contributed by atoms with Crippen molar-refractivity contribution in [3.05, 3.63) is 174 Å². The van der Waals surface area contributed by atoms with Crippen LogP contribution >= 0.6 is 34.8 Å². The van der Waals surface area contributed by atoms with Crippen LogP contribution < -0.4 is 79.0 Å². The van der Waals surface area contributed by atoms with Crippen LogP contribution in [0.4, 0.5) is 10.2 Å². The number of amides is 9. The lowest BCUT2D eigenvalue weighted by molar-refractivity contribution is -0.334. The molecule has 7 aliphatic rings. The number of aromatic hydroxyl groups is 3. The van der Waals surface area contributed by atoms with Crippen LogP contribution in [0.25, 0.3) is 11.1 Å². The van der Waals surface area contributed by atoms with Crippen molar-refractivity contribution in [2.24, 2.45) is 11.7 Å². The van der Waals surface area contributed by atoms with E-state index in [0.717, 1.165) is 79.9 Å². The molecule has 7 aliphatic heterocycles. The lowest BCUT2D eigenvalue weighted by atomic mass is 9.85. The summed E-state index contributed by atoms with van der Waals surface area (Å²) >= 11 is 20.1. The number of nitrogens with one attached hydrogen (secondary N) is 10. The Bertz CT molecular complexity index is 5350. The molecule has 2 fully saturated rings. The van der Waals surface area contributed by atoms with Crippen molar-refractivity contribution in [3.63, 3.8) is 0 Å². The van der Waals surface area contributed by atoms with Crippen LogP contribution in [0, 0.1) is 11.7 Å². The standard InChI is InChI=1S/C81H89Cl3FN13O26/c1-32(2)19-46(87-5)72(110)95-63-65(105)36-9-13-50(43(83)23-36)120-52-25-38-26-53(69(52)124-79-70(68(108)67(107)54(31-99)122-79)123-58-30-81(4,71(109)33(3)119-58)88-16-18-98-17-15-56(91-80(98)117)90-57(104)21-34-7-11-42(82)45(85)20-34)121-51-14-10-37(24-44(51)84)66(106)64-77(115)94-62(78(116)97-118-6)41-27-39(100)28-49(102)59(41)40-22-35(8-12-48(40)101)60(74(112)96-64)93-75(113)61(38)92-73(111)47(29-55(86)103)89-76(63)114/h7-15,17,20,22-28,32-33,46-47,54,58,60-68,70-71,79,87-88,99-102,105-109H,16,18-19,21,29-31H2,1-6H3,(H2,86,103)(H,89,114)(H,92,111)(H,93,113)(H,94,115)(H,95,110)(H,96,112)(H,97,116)(H,90,91,104,117)/t33-,46+,47-,54+,58-,60+,61+,62+,63+,64-,65+,66+,67+,68-,70+,71+,79-,81-/m0/s1. The number of phenols is 3. The molecule has 662 valence electrons. The largest absolute Gasteiger partial charge is 0.508 e. The van der Waals surface area contributed by atoms with Crippen LogP contribution in [0.2, 0.25) is 15.1 Å². The number of hydrogen-bond acceptors (Lipinski definition) is 29. The maximum absolute atomic E-state index is 16.3. The third-order valence-electron chi connectivity index (χ3n) is 21.3. The molecule has 2 saturated heterocycles. The first-order valence-corrected chi connectivity index (χ1v) is 39.8. The van der Waals surface area contributed by atoms with Crippen molar-refractivity contribution < 1.29 is 127 Å². The number of nitrogens with zero attached hydrogens (tertiary/aromatic N) is 2. The molecule has 14 rings (SSSR count). The number of benzene rings is 6. The second-order valence-electron chi connectivity index (χ2n) is 30.6. The minimum absolute atomic E-state index is 0.0626. The van der Waals surface area contributed by atoms with Crippen LogP contribution in [-0.2, 0) is 75.2 Å². The fourth-order valence-electron chi connectivity index (χ4n) is 15.0. The Morgan fingerprint density at radius 2 is 1.38 bits per heavy atom. The Morgan fingerprint density at radius 1 is 0.726 bits per heavy atom. The first-order valence-electron chi connectivity index (χ1n) is 38.7. The van der Waals surface area contributed by atoms with Crippen molar-refractivity contribution in [2.75, 3.05) is 32.6 Å². The SMILES string of the molecule is CN[C@H](CC(C)C)C(=O)N[C@H]1C(=O)N[C@@H](CC(N)=O)C(=O)N[C@H]2C(=O)N[C@H]3C(=O)N[C@H](C(=O)N[C@@H](C(=O)NOC)c4cc(O)cc(O)c4-c4cc3ccc4O)[C@H](O)c3ccc(c(Cl)c3)Oc3cc2cc(c3O[C@@H]2O[C@H](CO)[C@@H](O)[C@H](O)[C@H]2O[C@H]2C[C@](C)(NCCn3ccc(NC(=O)Cc4ccc(Cl)c(F)c4)nc3=O)[C@H](O)[C@H](C)O2)Oc2ccc(cc2Cl)[C@H]1O. The van der Waals surface area contributed by atoms with Gasteiger partial charge in [-0.05, 0) is 139 Å². The monoisotopic (exact) mass is 1780 g/mol. The highest BCUT2D eigenvalue weighted by Crippen LogP contribution is 2.50. The van der Waals surface area contributed by atoms with Gasteiger partial charge in [0.15, 0.2) is 23.9 Å². The zero-order chi connectivity index (χ0) is 89.8. The lowest BCUT2D eigenvalue weighted by Crippen LogP contribution is -2.65. The van der Waals surface area contributed by atoms with Gasteiger partial charge in [-0.1, -0.05) is 72.9 Å². The van der Waals surface area contributed by atoms with E-state index >= 15 is 24.0 Å². The molecule has 6 aromatic carbocycles. The van der Waals surface area contributed by atoms with E-state index in [2.05, 4.69) is 58.3 Å². The topological polar surface area (TPSA) is 582 Å². The maximum Gasteiger partial charge on any atom is 0.349 e. The molecular formula is C81H89Cl3FN13O26. The number of halogens is 4. The number of ether oxygens (including phenoxy) is 6. The maximum atomic E-state index is 16.3. The third kappa shape index (κ3) is 20.5. The van der Waals surface area contributed by atoms with E-state index in [-0.39, 0.29) is 71.6 Å². The van der Waals surface area contributed by atoms with Gasteiger partial charge >= 0.3 is 5.69 Å². The van der Waals surface area contributed by atoms with Gasteiger partial charge in [0, 0.05) is 48.4 Å². The van der Waals surface area contributed by atoms with Gasteiger partial charge in [0.05, 0.1) is 59.9 Å². The van der Waals surface area contributed by atoms with E-state index in [9.17, 15) is 74.3 Å². The number of likely N-dealkylation sites (N-methyl/N-ethyl adjacent to an activating group) is 1. The minimum Gasteiger partial charge on any atom is -0.508 e. The number of carbonyl (C=O) groups is 9. The summed E-state index contributed by atoms with van der Waals surface area (Å²) in [7, 11) is 2.49. The third-order valence-corrected chi connectivity index (χ3v) is 22.2. The summed E-state index contributed by atoms with van der Waals surface area (Å²) in [6.45, 7) is 5.49. The number of hydroxylamine groups is 1. The number of aromatic nitrogens is 2. The smallest absolute Gasteiger partial charge is 0.349 e. The summed E-state index contributed by atoms with van der Waals surface area (Å²) in [6.07, 6.45) is -18.6. The zero-order valence-corrected chi connectivity index (χ0v) is 69.0. The van der Waals surface area contributed by atoms with Gasteiger partial charge in [-0.15, -0.1) is 0 Å². The number of nitrogens with two attached hydrogens (primary N) is 1. The fraction of sp³-hybridized carbons (Fsp3) is 0.395. The summed E-state index contributed by atoms with van der Waals surface area (Å²) < 4.78 is 54.6. The number of hydrogen-bond donors (Lipinski definition) is 20. The lowest BCUT2D eigenvalue weighted by Gasteiger charge is -2.48. The van der Waals surface area contributed by atoms with Gasteiger partial charge in [0.2, 0.25) is 59.3 Å². The van der Waals surface area contributed by atoms with E-state index in [1.807, 2.05) is 13.8 Å². The Balaban J connectivity index is 0.997. The molecule has 0 radical (unpaired) electrons. The molecule has 9 amide bonds. The summed E-state index contributed by atoms with van der Waals surface area (Å²) in [6, 6.07) is 4.64. The van der Waals surface area contributed by atoms with Crippen LogP contribution in [0.1, 0.15) is 111 Å². The number of anilines is 1. The van der Waals surface area contributed by atoms with E-state index in [4.69, 9.17) is 73.8 Å². The van der Waals surface area contributed by atoms with E-state index in [0.29, 0.717) is 5.56 Å². The Labute approximate surface area is 719 Å². The van der Waals surface area contributed by atoms with E-state index in [1.54, 1.807) is 6.92 Å². The summed E-state index contributed by atoms with van der Waals surface area (Å²) in [5.41, 5.74) is 3.21. The molecule has 0 aliphatic carbocycles. The molecule has 43 heteroatoms.